The van der Waals surface area contributed by atoms with E-state index in [-0.39, 0.29) is 18.2 Å². The predicted molar refractivity (Wildman–Crippen MR) is 77.2 cm³/mol. The molecule has 0 spiro atoms. The van der Waals surface area contributed by atoms with Crippen LogP contribution in [0.25, 0.3) is 0 Å². The highest BCUT2D eigenvalue weighted by Gasteiger charge is 2.30. The van der Waals surface area contributed by atoms with Crippen molar-refractivity contribution in [1.82, 2.24) is 14.8 Å². The standard InChI is InChI=1S/C14H15N5O2/c1-8-3-9(2)5-10(4-8)17-13(21)11-6-12(20)19-14(18-11)15-7-16-19/h3-5,7,11H,6H2,1-2H3,(H,17,21)(H,15,16,18)/t11-/m0/s1. The molecule has 0 fully saturated rings. The van der Waals surface area contributed by atoms with Gasteiger partial charge in [0.05, 0.1) is 6.42 Å². The number of nitrogens with one attached hydrogen (secondary N) is 2. The lowest BCUT2D eigenvalue weighted by Crippen LogP contribution is -2.42. The van der Waals surface area contributed by atoms with Gasteiger partial charge in [-0.1, -0.05) is 6.07 Å². The molecule has 2 heterocycles. The number of anilines is 2. The monoisotopic (exact) mass is 285 g/mol. The van der Waals surface area contributed by atoms with Gasteiger partial charge < -0.3 is 10.6 Å². The summed E-state index contributed by atoms with van der Waals surface area (Å²) in [5, 5.41) is 9.54. The zero-order valence-electron chi connectivity index (χ0n) is 11.8. The van der Waals surface area contributed by atoms with E-state index in [1.54, 1.807) is 0 Å². The Balaban J connectivity index is 1.76. The van der Waals surface area contributed by atoms with Crippen molar-refractivity contribution in [2.75, 3.05) is 10.6 Å². The molecule has 0 saturated heterocycles. The Hall–Kier alpha value is -2.70. The number of hydrogen-bond donors (Lipinski definition) is 2. The first kappa shape index (κ1) is 13.3. The van der Waals surface area contributed by atoms with Crippen molar-refractivity contribution in [2.24, 2.45) is 0 Å². The van der Waals surface area contributed by atoms with E-state index in [9.17, 15) is 9.59 Å². The van der Waals surface area contributed by atoms with Crippen molar-refractivity contribution in [3.8, 4) is 0 Å². The van der Waals surface area contributed by atoms with Crippen molar-refractivity contribution in [3.05, 3.63) is 35.7 Å². The third kappa shape index (κ3) is 2.62. The van der Waals surface area contributed by atoms with Crippen molar-refractivity contribution in [1.29, 1.82) is 0 Å². The molecule has 0 aliphatic carbocycles. The lowest BCUT2D eigenvalue weighted by atomic mass is 10.1. The Labute approximate surface area is 121 Å². The van der Waals surface area contributed by atoms with Crippen molar-refractivity contribution in [2.45, 2.75) is 26.3 Å². The molecular weight excluding hydrogens is 270 g/mol. The normalized spacial score (nSPS) is 17.0. The maximum absolute atomic E-state index is 12.3. The first-order valence-electron chi connectivity index (χ1n) is 6.62. The van der Waals surface area contributed by atoms with Crippen LogP contribution in [0.3, 0.4) is 0 Å². The number of nitrogens with zero attached hydrogens (tertiary/aromatic N) is 3. The minimum Gasteiger partial charge on any atom is -0.342 e. The van der Waals surface area contributed by atoms with E-state index >= 15 is 0 Å². The largest absolute Gasteiger partial charge is 0.342 e. The second-order valence-corrected chi connectivity index (χ2v) is 5.16. The minimum atomic E-state index is -0.644. The lowest BCUT2D eigenvalue weighted by Gasteiger charge is -2.22. The second-order valence-electron chi connectivity index (χ2n) is 5.16. The fourth-order valence-corrected chi connectivity index (χ4v) is 2.42. The number of amides is 1. The summed E-state index contributed by atoms with van der Waals surface area (Å²) in [7, 11) is 0. The molecule has 1 aromatic heterocycles. The number of hydrogen-bond acceptors (Lipinski definition) is 5. The summed E-state index contributed by atoms with van der Waals surface area (Å²) in [5.74, 6) is -0.212. The van der Waals surface area contributed by atoms with Crippen molar-refractivity contribution < 1.29 is 9.59 Å². The van der Waals surface area contributed by atoms with Gasteiger partial charge in [0.15, 0.2) is 0 Å². The van der Waals surface area contributed by atoms with E-state index in [2.05, 4.69) is 20.7 Å². The molecule has 0 radical (unpaired) electrons. The molecule has 2 aromatic rings. The van der Waals surface area contributed by atoms with Gasteiger partial charge in [-0.2, -0.15) is 14.8 Å². The lowest BCUT2D eigenvalue weighted by molar-refractivity contribution is -0.117. The first-order chi connectivity index (χ1) is 10.0. The molecule has 2 N–H and O–H groups in total. The van der Waals surface area contributed by atoms with E-state index < -0.39 is 6.04 Å². The molecule has 7 heteroatoms. The van der Waals surface area contributed by atoms with Crippen LogP contribution < -0.4 is 10.6 Å². The maximum Gasteiger partial charge on any atom is 0.252 e. The van der Waals surface area contributed by atoms with Crippen LogP contribution in [0.1, 0.15) is 22.3 Å². The van der Waals surface area contributed by atoms with Gasteiger partial charge in [0.2, 0.25) is 11.9 Å². The first-order valence-corrected chi connectivity index (χ1v) is 6.62. The predicted octanol–water partition coefficient (Wildman–Crippen LogP) is 1.36. The third-order valence-electron chi connectivity index (χ3n) is 3.27. The molecule has 1 aromatic carbocycles. The van der Waals surface area contributed by atoms with Crippen LogP contribution in [0.2, 0.25) is 0 Å². The van der Waals surface area contributed by atoms with E-state index in [1.807, 2.05) is 32.0 Å². The van der Waals surface area contributed by atoms with Crippen molar-refractivity contribution in [3.63, 3.8) is 0 Å². The topological polar surface area (TPSA) is 88.9 Å². The molecule has 108 valence electrons. The Morgan fingerprint density at radius 1 is 1.33 bits per heavy atom. The number of rotatable bonds is 2. The average Bonchev–Trinajstić information content (AvgIpc) is 2.86. The van der Waals surface area contributed by atoms with Gasteiger partial charge in [-0.05, 0) is 37.1 Å². The molecule has 21 heavy (non-hydrogen) atoms. The van der Waals surface area contributed by atoms with Crippen molar-refractivity contribution >= 4 is 23.5 Å². The zero-order valence-corrected chi connectivity index (χ0v) is 11.8. The summed E-state index contributed by atoms with van der Waals surface area (Å²) in [6.07, 6.45) is 1.33. The Morgan fingerprint density at radius 3 is 2.76 bits per heavy atom. The fraction of sp³-hybridized carbons (Fsp3) is 0.286. The number of carbonyl (C=O) groups is 2. The average molecular weight is 285 g/mol. The van der Waals surface area contributed by atoms with Crippen LogP contribution in [0.4, 0.5) is 11.6 Å². The highest BCUT2D eigenvalue weighted by atomic mass is 16.2. The van der Waals surface area contributed by atoms with Crippen LogP contribution in [-0.2, 0) is 4.79 Å². The number of aryl methyl sites for hydroxylation is 2. The minimum absolute atomic E-state index is 0.0486. The van der Waals surface area contributed by atoms with Gasteiger partial charge >= 0.3 is 0 Å². The summed E-state index contributed by atoms with van der Waals surface area (Å²) >= 11 is 0. The molecule has 1 amide bonds. The molecular formula is C14H15N5O2. The van der Waals surface area contributed by atoms with Gasteiger partial charge in [-0.15, -0.1) is 0 Å². The molecule has 0 bridgehead atoms. The van der Waals surface area contributed by atoms with E-state index in [1.165, 1.54) is 11.0 Å². The molecule has 0 saturated carbocycles. The molecule has 1 aliphatic rings. The van der Waals surface area contributed by atoms with E-state index in [0.717, 1.165) is 16.8 Å². The van der Waals surface area contributed by atoms with Gasteiger partial charge in [0.25, 0.3) is 5.91 Å². The maximum atomic E-state index is 12.3. The summed E-state index contributed by atoms with van der Waals surface area (Å²) in [6.45, 7) is 3.93. The molecule has 0 unspecified atom stereocenters. The van der Waals surface area contributed by atoms with Gasteiger partial charge in [0, 0.05) is 5.69 Å². The van der Waals surface area contributed by atoms with Crippen LogP contribution in [0.5, 0.6) is 0 Å². The number of aromatic nitrogens is 3. The Morgan fingerprint density at radius 2 is 2.05 bits per heavy atom. The van der Waals surface area contributed by atoms with Crippen LogP contribution >= 0.6 is 0 Å². The van der Waals surface area contributed by atoms with Gasteiger partial charge in [0.1, 0.15) is 12.4 Å². The third-order valence-corrected chi connectivity index (χ3v) is 3.27. The molecule has 1 atom stereocenters. The fourth-order valence-electron chi connectivity index (χ4n) is 2.42. The summed E-state index contributed by atoms with van der Waals surface area (Å²) in [6, 6.07) is 5.16. The molecule has 1 aliphatic heterocycles. The summed E-state index contributed by atoms with van der Waals surface area (Å²) in [4.78, 5) is 28.1. The number of benzene rings is 1. The summed E-state index contributed by atoms with van der Waals surface area (Å²) < 4.78 is 1.17. The zero-order chi connectivity index (χ0) is 15.0. The number of carbonyl (C=O) groups excluding carboxylic acids is 2. The van der Waals surface area contributed by atoms with Crippen LogP contribution in [0, 0.1) is 13.8 Å². The van der Waals surface area contributed by atoms with E-state index in [0.29, 0.717) is 5.95 Å². The van der Waals surface area contributed by atoms with E-state index in [4.69, 9.17) is 0 Å². The Bertz CT molecular complexity index is 702. The highest BCUT2D eigenvalue weighted by molar-refractivity contribution is 6.01. The van der Waals surface area contributed by atoms with Crippen LogP contribution in [-0.4, -0.2) is 32.6 Å². The molecule has 7 nitrogen and oxygen atoms in total. The highest BCUT2D eigenvalue weighted by Crippen LogP contribution is 2.18. The van der Waals surface area contributed by atoms with Gasteiger partial charge in [-0.25, -0.2) is 0 Å². The smallest absolute Gasteiger partial charge is 0.252 e. The quantitative estimate of drug-likeness (QED) is 0.869. The van der Waals surface area contributed by atoms with Crippen LogP contribution in [0.15, 0.2) is 24.5 Å². The SMILES string of the molecule is Cc1cc(C)cc(NC(=O)[C@@H]2CC(=O)n3ncnc3N2)c1. The molecule has 3 rings (SSSR count). The second kappa shape index (κ2) is 5.01. The summed E-state index contributed by atoms with van der Waals surface area (Å²) in [5.41, 5.74) is 2.86. The number of fused-ring (bicyclic) bond motifs is 1. The Kier molecular flexibility index (Phi) is 3.17. The van der Waals surface area contributed by atoms with Gasteiger partial charge in [-0.3, -0.25) is 9.59 Å².